The number of carbonyl (C=O) groups is 1. The zero-order valence-corrected chi connectivity index (χ0v) is 17.7. The Morgan fingerprint density at radius 1 is 1.15 bits per heavy atom. The van der Waals surface area contributed by atoms with Crippen LogP contribution in [0.1, 0.15) is 43.5 Å². The summed E-state index contributed by atoms with van der Waals surface area (Å²) in [7, 11) is -3.51. The van der Waals surface area contributed by atoms with E-state index in [1.807, 2.05) is 13.8 Å². The Hall–Kier alpha value is -1.41. The fourth-order valence-corrected chi connectivity index (χ4v) is 4.53. The maximum Gasteiger partial charge on any atom is 0.251 e. The molecule has 2 rings (SSSR count). The molecule has 0 radical (unpaired) electrons. The van der Waals surface area contributed by atoms with Crippen molar-refractivity contribution in [2.24, 2.45) is 0 Å². The van der Waals surface area contributed by atoms with Crippen molar-refractivity contribution in [2.75, 3.05) is 32.7 Å². The highest BCUT2D eigenvalue weighted by atomic mass is 35.5. The topological polar surface area (TPSA) is 78.5 Å². The number of benzene rings is 1. The predicted molar refractivity (Wildman–Crippen MR) is 111 cm³/mol. The molecule has 0 aromatic heterocycles. The van der Waals surface area contributed by atoms with Gasteiger partial charge >= 0.3 is 0 Å². The number of nitrogens with zero attached hydrogens (tertiary/aromatic N) is 1. The molecule has 0 unspecified atom stereocenters. The van der Waals surface area contributed by atoms with Gasteiger partial charge in [-0.15, -0.1) is 12.4 Å². The zero-order chi connectivity index (χ0) is 19.0. The van der Waals surface area contributed by atoms with Gasteiger partial charge in [0.1, 0.15) is 0 Å². The van der Waals surface area contributed by atoms with E-state index in [1.54, 1.807) is 12.1 Å². The van der Waals surface area contributed by atoms with E-state index in [0.29, 0.717) is 25.2 Å². The average Bonchev–Trinajstić information content (AvgIpc) is 2.67. The van der Waals surface area contributed by atoms with Crippen LogP contribution in [0.4, 0.5) is 0 Å². The number of amides is 1. The number of hydrogen-bond acceptors (Lipinski definition) is 4. The molecule has 1 aliphatic rings. The molecule has 0 bridgehead atoms. The summed E-state index contributed by atoms with van der Waals surface area (Å²) in [5.74, 6) is -0.188. The van der Waals surface area contributed by atoms with Crippen molar-refractivity contribution in [2.45, 2.75) is 38.0 Å². The van der Waals surface area contributed by atoms with Crippen LogP contribution in [0.3, 0.4) is 0 Å². The molecule has 0 saturated heterocycles. The second-order valence-corrected chi connectivity index (χ2v) is 8.37. The van der Waals surface area contributed by atoms with Crippen LogP contribution < -0.4 is 10.6 Å². The zero-order valence-electron chi connectivity index (χ0n) is 16.0. The van der Waals surface area contributed by atoms with Crippen LogP contribution >= 0.6 is 12.4 Å². The quantitative estimate of drug-likeness (QED) is 0.607. The van der Waals surface area contributed by atoms with Crippen molar-refractivity contribution in [3.8, 4) is 0 Å². The lowest BCUT2D eigenvalue weighted by atomic mass is 10.1. The van der Waals surface area contributed by atoms with Crippen LogP contribution in [-0.2, 0) is 10.0 Å². The van der Waals surface area contributed by atoms with Gasteiger partial charge in [-0.25, -0.2) is 8.42 Å². The molecule has 0 fully saturated rings. The Balaban J connectivity index is 0.00000364. The molecule has 1 amide bonds. The number of halogens is 1. The fraction of sp³-hybridized carbons (Fsp3) is 0.526. The highest BCUT2D eigenvalue weighted by Crippen LogP contribution is 2.17. The smallest absolute Gasteiger partial charge is 0.251 e. The van der Waals surface area contributed by atoms with E-state index in [2.05, 4.69) is 16.7 Å². The molecule has 1 aliphatic heterocycles. The van der Waals surface area contributed by atoms with Gasteiger partial charge < -0.3 is 10.6 Å². The molecule has 27 heavy (non-hydrogen) atoms. The first kappa shape index (κ1) is 23.6. The van der Waals surface area contributed by atoms with E-state index in [9.17, 15) is 13.2 Å². The van der Waals surface area contributed by atoms with Crippen molar-refractivity contribution in [1.29, 1.82) is 0 Å². The minimum atomic E-state index is -3.51. The summed E-state index contributed by atoms with van der Waals surface area (Å²) < 4.78 is 27.0. The SMILES string of the molecule is CCCN(CCC)S(=O)(=O)c1ccc(C(=O)NCC2=CCNCC2)cc1.Cl. The van der Waals surface area contributed by atoms with Crippen LogP contribution in [0, 0.1) is 0 Å². The van der Waals surface area contributed by atoms with Gasteiger partial charge in [-0.3, -0.25) is 4.79 Å². The summed E-state index contributed by atoms with van der Waals surface area (Å²) >= 11 is 0. The minimum Gasteiger partial charge on any atom is -0.348 e. The largest absolute Gasteiger partial charge is 0.348 e. The molecule has 1 heterocycles. The lowest BCUT2D eigenvalue weighted by molar-refractivity contribution is 0.0956. The third-order valence-electron chi connectivity index (χ3n) is 4.33. The molecule has 2 N–H and O–H groups in total. The molecular formula is C19H30ClN3O3S. The molecule has 0 saturated carbocycles. The third-order valence-corrected chi connectivity index (χ3v) is 6.25. The fourth-order valence-electron chi connectivity index (χ4n) is 2.90. The van der Waals surface area contributed by atoms with Gasteiger partial charge in [0.15, 0.2) is 0 Å². The van der Waals surface area contributed by atoms with E-state index in [0.717, 1.165) is 32.4 Å². The Kier molecular flexibility index (Phi) is 10.0. The normalized spacial score (nSPS) is 14.4. The van der Waals surface area contributed by atoms with Crippen molar-refractivity contribution < 1.29 is 13.2 Å². The first-order valence-electron chi connectivity index (χ1n) is 9.26. The van der Waals surface area contributed by atoms with Gasteiger partial charge in [0, 0.05) is 31.7 Å². The Labute approximate surface area is 168 Å². The molecule has 0 atom stereocenters. The Morgan fingerprint density at radius 3 is 2.30 bits per heavy atom. The molecule has 152 valence electrons. The monoisotopic (exact) mass is 415 g/mol. The average molecular weight is 416 g/mol. The number of sulfonamides is 1. The van der Waals surface area contributed by atoms with Crippen molar-refractivity contribution in [3.05, 3.63) is 41.5 Å². The van der Waals surface area contributed by atoms with Gasteiger partial charge in [0.2, 0.25) is 10.0 Å². The Bertz CT molecular complexity index is 727. The summed E-state index contributed by atoms with van der Waals surface area (Å²) in [6.45, 7) is 7.23. The van der Waals surface area contributed by atoms with Crippen molar-refractivity contribution in [3.63, 3.8) is 0 Å². The van der Waals surface area contributed by atoms with Crippen LogP contribution in [0.15, 0.2) is 40.8 Å². The number of carbonyl (C=O) groups excluding carboxylic acids is 1. The Morgan fingerprint density at radius 2 is 1.78 bits per heavy atom. The maximum absolute atomic E-state index is 12.7. The molecular weight excluding hydrogens is 386 g/mol. The highest BCUT2D eigenvalue weighted by Gasteiger charge is 2.23. The van der Waals surface area contributed by atoms with Crippen molar-refractivity contribution in [1.82, 2.24) is 14.9 Å². The van der Waals surface area contributed by atoms with Gasteiger partial charge in [0.05, 0.1) is 4.90 Å². The van der Waals surface area contributed by atoms with E-state index < -0.39 is 10.0 Å². The van der Waals surface area contributed by atoms with Gasteiger partial charge in [-0.05, 0) is 50.1 Å². The lowest BCUT2D eigenvalue weighted by Crippen LogP contribution is -2.32. The second kappa shape index (κ2) is 11.4. The van der Waals surface area contributed by atoms with E-state index >= 15 is 0 Å². The molecule has 1 aromatic carbocycles. The summed E-state index contributed by atoms with van der Waals surface area (Å²) in [4.78, 5) is 12.5. The number of nitrogens with one attached hydrogen (secondary N) is 2. The first-order chi connectivity index (χ1) is 12.5. The second-order valence-electron chi connectivity index (χ2n) is 6.43. The first-order valence-corrected chi connectivity index (χ1v) is 10.7. The molecule has 8 heteroatoms. The van der Waals surface area contributed by atoms with Gasteiger partial charge in [0.25, 0.3) is 5.91 Å². The lowest BCUT2D eigenvalue weighted by Gasteiger charge is -2.21. The summed E-state index contributed by atoms with van der Waals surface area (Å²) in [5.41, 5.74) is 1.68. The summed E-state index contributed by atoms with van der Waals surface area (Å²) in [6, 6.07) is 6.20. The minimum absolute atomic E-state index is 0. The molecule has 0 spiro atoms. The third kappa shape index (κ3) is 6.60. The number of hydrogen-bond donors (Lipinski definition) is 2. The van der Waals surface area contributed by atoms with Crippen LogP contribution in [-0.4, -0.2) is 51.4 Å². The summed E-state index contributed by atoms with van der Waals surface area (Å²) in [5, 5.41) is 6.13. The predicted octanol–water partition coefficient (Wildman–Crippen LogP) is 2.57. The molecule has 6 nitrogen and oxygen atoms in total. The van der Waals surface area contributed by atoms with E-state index in [4.69, 9.17) is 0 Å². The van der Waals surface area contributed by atoms with Crippen molar-refractivity contribution >= 4 is 28.3 Å². The van der Waals surface area contributed by atoms with Crippen LogP contribution in [0.25, 0.3) is 0 Å². The molecule has 0 aliphatic carbocycles. The highest BCUT2D eigenvalue weighted by molar-refractivity contribution is 7.89. The van der Waals surface area contributed by atoms with E-state index in [-0.39, 0.29) is 23.2 Å². The van der Waals surface area contributed by atoms with Gasteiger partial charge in [-0.1, -0.05) is 25.5 Å². The van der Waals surface area contributed by atoms with Crippen LogP contribution in [0.5, 0.6) is 0 Å². The van der Waals surface area contributed by atoms with Crippen LogP contribution in [0.2, 0.25) is 0 Å². The van der Waals surface area contributed by atoms with Gasteiger partial charge in [-0.2, -0.15) is 4.31 Å². The van der Waals surface area contributed by atoms with E-state index in [1.165, 1.54) is 22.0 Å². The molecule has 1 aromatic rings. The summed E-state index contributed by atoms with van der Waals surface area (Å²) in [6.07, 6.45) is 4.56. The standard InChI is InChI=1S/C19H29N3O3S.ClH/c1-3-13-22(14-4-2)26(24,25)18-7-5-17(6-8-18)19(23)21-15-16-9-11-20-12-10-16;/h5-9,20H,3-4,10-15H2,1-2H3,(H,21,23);1H. The maximum atomic E-state index is 12.7. The number of rotatable bonds is 9.